The number of guanidine groups is 1. The van der Waals surface area contributed by atoms with Crippen LogP contribution < -0.4 is 59.3 Å². The van der Waals surface area contributed by atoms with E-state index < -0.39 is 132 Å². The predicted molar refractivity (Wildman–Crippen MR) is 340 cm³/mol. The number of nitrogens with one attached hydrogen (secondary N) is 11. The molecule has 2 aromatic heterocycles. The molecule has 2 aliphatic heterocycles. The number of aliphatic hydroxyl groups is 1. The number of rotatable bonds is 30. The number of nitrogens with zero attached hydrogens (tertiary/aromatic N) is 3. The number of likely N-dealkylation sites (N-methyl/N-ethyl adjacent to an activating group) is 1. The number of aromatic amines is 2. The quantitative estimate of drug-likeness (QED) is 0.0159. The second-order valence-electron chi connectivity index (χ2n) is 24.7. The number of ether oxygens (including phenoxy) is 1. The van der Waals surface area contributed by atoms with Gasteiger partial charge in [-0.3, -0.25) is 57.7 Å². The second-order valence-corrected chi connectivity index (χ2v) is 24.7. The number of amides is 10. The third-order valence-corrected chi connectivity index (χ3v) is 15.0. The van der Waals surface area contributed by atoms with E-state index >= 15 is 0 Å². The zero-order valence-corrected chi connectivity index (χ0v) is 53.7. The fourth-order valence-electron chi connectivity index (χ4n) is 10.2. The number of phenolic OH excluding ortho intramolecular Hbond substituents is 1. The molecule has 2 aliphatic rings. The zero-order chi connectivity index (χ0) is 68.7. The Labute approximate surface area is 538 Å². The lowest BCUT2D eigenvalue weighted by Crippen LogP contribution is -2.63. The largest absolute Gasteiger partial charge is 0.508 e. The number of fused-ring (bicyclic) bond motifs is 1. The van der Waals surface area contributed by atoms with Gasteiger partial charge in [0.1, 0.15) is 60.1 Å². The van der Waals surface area contributed by atoms with Gasteiger partial charge in [-0.15, -0.1) is 0 Å². The van der Waals surface area contributed by atoms with Crippen molar-refractivity contribution in [3.63, 3.8) is 0 Å². The second kappa shape index (κ2) is 34.7. The average molecular weight is 1300 g/mol. The first kappa shape index (κ1) is 74.1. The van der Waals surface area contributed by atoms with Crippen molar-refractivity contribution in [1.29, 1.82) is 0 Å². The molecular formula is C62H90N16O15. The number of benzene rings is 2. The highest BCUT2D eigenvalue weighted by Gasteiger charge is 2.42. The molecule has 18 N–H and O–H groups in total. The number of para-hydroxylation sites is 1. The number of likely N-dealkylation sites (tertiary alicyclic amines) is 1. The summed E-state index contributed by atoms with van der Waals surface area (Å²) in [6, 6.07) is 0.873. The van der Waals surface area contributed by atoms with Crippen LogP contribution in [0.25, 0.3) is 10.9 Å². The Balaban J connectivity index is 0.00000380. The van der Waals surface area contributed by atoms with Gasteiger partial charge in [-0.25, -0.2) is 4.98 Å². The lowest BCUT2D eigenvalue weighted by molar-refractivity contribution is -0.143. The summed E-state index contributed by atoms with van der Waals surface area (Å²) in [6.45, 7) is 12.2. The monoisotopic (exact) mass is 1300 g/mol. The third kappa shape index (κ3) is 23.5. The van der Waals surface area contributed by atoms with Crippen molar-refractivity contribution in [2.24, 2.45) is 21.9 Å². The maximum absolute atomic E-state index is 14.8. The van der Waals surface area contributed by atoms with E-state index in [0.29, 0.717) is 47.1 Å². The van der Waals surface area contributed by atoms with Crippen molar-refractivity contribution >= 4 is 81.9 Å². The first-order valence-corrected chi connectivity index (χ1v) is 30.7. The number of H-pyrrole nitrogens is 2. The molecule has 0 aliphatic carbocycles. The number of hydrogen-bond donors (Lipinski definition) is 16. The number of nitrogens with two attached hydrogens (primary N) is 2. The Hall–Kier alpha value is -9.65. The average Bonchev–Trinajstić information content (AvgIpc) is 1.92. The lowest BCUT2D eigenvalue weighted by atomic mass is 9.85. The van der Waals surface area contributed by atoms with E-state index in [2.05, 4.69) is 67.8 Å². The van der Waals surface area contributed by atoms with Gasteiger partial charge in [0.05, 0.1) is 25.1 Å². The van der Waals surface area contributed by atoms with Crippen LogP contribution in [0, 0.1) is 5.41 Å². The maximum Gasteiger partial charge on any atom is 0.300 e. The Bertz CT molecular complexity index is 3260. The molecule has 508 valence electrons. The molecule has 0 spiro atoms. The molecule has 4 aromatic rings. The van der Waals surface area contributed by atoms with Gasteiger partial charge >= 0.3 is 0 Å². The zero-order valence-electron chi connectivity index (χ0n) is 53.7. The molecule has 2 saturated heterocycles. The van der Waals surface area contributed by atoms with Crippen molar-refractivity contribution in [2.75, 3.05) is 32.8 Å². The molecule has 9 atom stereocenters. The van der Waals surface area contributed by atoms with E-state index in [1.807, 2.05) is 0 Å². The number of hydrogen-bond acceptors (Lipinski definition) is 16. The summed E-state index contributed by atoms with van der Waals surface area (Å²) in [5.74, 6) is -8.43. The van der Waals surface area contributed by atoms with Gasteiger partial charge in [0.2, 0.25) is 59.1 Å². The molecule has 1 unspecified atom stereocenters. The molecule has 10 amide bonds. The number of carboxylic acid groups (broad SMARTS) is 1. The number of imidazole rings is 1. The number of aromatic hydroxyl groups is 1. The normalized spacial score (nSPS) is 16.8. The van der Waals surface area contributed by atoms with E-state index in [-0.39, 0.29) is 81.6 Å². The van der Waals surface area contributed by atoms with Gasteiger partial charge in [-0.05, 0) is 94.5 Å². The minimum absolute atomic E-state index is 0.0543. The van der Waals surface area contributed by atoms with E-state index in [1.165, 1.54) is 41.7 Å². The molecule has 0 bridgehead atoms. The van der Waals surface area contributed by atoms with Crippen LogP contribution in [0.4, 0.5) is 0 Å². The van der Waals surface area contributed by atoms with Gasteiger partial charge in [-0.1, -0.05) is 51.1 Å². The minimum atomic E-state index is -1.78. The first-order valence-electron chi connectivity index (χ1n) is 30.7. The van der Waals surface area contributed by atoms with Crippen LogP contribution in [0.15, 0.2) is 72.2 Å². The third-order valence-electron chi connectivity index (χ3n) is 15.0. The molecular weight excluding hydrogens is 1210 g/mol. The van der Waals surface area contributed by atoms with Gasteiger partial charge < -0.3 is 94.2 Å². The van der Waals surface area contributed by atoms with Gasteiger partial charge in [0.15, 0.2) is 5.96 Å². The predicted octanol–water partition coefficient (Wildman–Crippen LogP) is -1.58. The van der Waals surface area contributed by atoms with Crippen LogP contribution in [0.5, 0.6) is 5.75 Å². The summed E-state index contributed by atoms with van der Waals surface area (Å²) in [5.41, 5.74) is 11.3. The van der Waals surface area contributed by atoms with Crippen molar-refractivity contribution < 1.29 is 72.8 Å². The molecule has 31 heteroatoms. The van der Waals surface area contributed by atoms with Crippen molar-refractivity contribution in [3.8, 4) is 5.75 Å². The number of aliphatic hydroxyl groups excluding tert-OH is 1. The van der Waals surface area contributed by atoms with Gasteiger partial charge in [0.25, 0.3) is 5.97 Å². The van der Waals surface area contributed by atoms with Crippen LogP contribution in [0.2, 0.25) is 0 Å². The Morgan fingerprint density at radius 1 is 0.742 bits per heavy atom. The highest BCUT2D eigenvalue weighted by molar-refractivity contribution is 5.99. The fourth-order valence-corrected chi connectivity index (χ4v) is 10.2. The van der Waals surface area contributed by atoms with Crippen LogP contribution in [0.1, 0.15) is 111 Å². The van der Waals surface area contributed by atoms with E-state index in [0.717, 1.165) is 6.92 Å². The number of carbonyl (C=O) groups excluding carboxylic acids is 10. The standard InChI is InChI=1S/C60H86N16O13.C2H4O2/c1-8-64-55(86)46-16-12-24-76(46)57(88)40(15-11-23-65-58(61)62)69-56(87)48(59(2,3)4)75-54(85)45(31-89-60(5,6)7)74-50(81)41(25-33-17-19-36(78)20-18-33)70-53(84)44(30-77)73-51(82)42(26-34-28-66-38-14-10-9-13-37(34)38)71-52(83)43(27-35-29-63-32-67-35)72-49(80)39-21-22-47(79)68-39;1-2(3)4/h9-10,13-14,17-20,28-29,32,39-46,48,66,77-78H,8,11-12,15-16,21-27,30-31H2,1-7H3,(H,63,67)(H,64,86)(H,68,79)(H,69,87)(H,70,84)(H,71,83)(H,72,80)(H,73,82)(H,74,81)(H,75,85)(H4,61,62,65);1H3,(H,3,4)/t39?,40-,41-,42-,43-,44-,45+,46-,48+;/m0./s1. The molecule has 0 saturated carbocycles. The molecule has 2 aromatic carbocycles. The summed E-state index contributed by atoms with van der Waals surface area (Å²) in [5, 5.41) is 53.2. The molecule has 2 fully saturated rings. The van der Waals surface area contributed by atoms with Crippen molar-refractivity contribution in [2.45, 2.75) is 173 Å². The summed E-state index contributed by atoms with van der Waals surface area (Å²) in [7, 11) is 0. The SMILES string of the molecule is CC(=O)O.CCNC(=O)[C@@H]1CCCN1C(=O)[C@H](CCCN=C(N)N)NC(=O)[C@@H](NC(=O)[C@@H](COC(C)(C)C)NC(=O)[C@H](Cc1ccc(O)cc1)NC(=O)[C@H](CO)NC(=O)[C@H](Cc1c[nH]c2ccccc12)NC(=O)[C@H](Cc1cnc[nH]1)NC(=O)C1CCC(=O)N1)C(C)(C)C. The van der Waals surface area contributed by atoms with E-state index in [1.54, 1.807) is 78.9 Å². The topological polar surface area (TPSA) is 478 Å². The van der Waals surface area contributed by atoms with Gasteiger partial charge in [0, 0.05) is 81.2 Å². The number of carboxylic acids is 1. The Kier molecular flexibility index (Phi) is 27.6. The van der Waals surface area contributed by atoms with Crippen LogP contribution in [-0.4, -0.2) is 199 Å². The number of phenols is 1. The molecule has 31 nitrogen and oxygen atoms in total. The summed E-state index contributed by atoms with van der Waals surface area (Å²) in [4.78, 5) is 165. The molecule has 4 heterocycles. The summed E-state index contributed by atoms with van der Waals surface area (Å²) >= 11 is 0. The fraction of sp³-hybridized carbons (Fsp3) is 0.532. The first-order chi connectivity index (χ1) is 43.9. The number of carbonyl (C=O) groups is 11. The van der Waals surface area contributed by atoms with Crippen molar-refractivity contribution in [1.82, 2.24) is 67.7 Å². The van der Waals surface area contributed by atoms with Crippen LogP contribution in [0.3, 0.4) is 0 Å². The molecule has 6 rings (SSSR count). The molecule has 0 radical (unpaired) electrons. The minimum Gasteiger partial charge on any atom is -0.508 e. The Morgan fingerprint density at radius 2 is 1.33 bits per heavy atom. The van der Waals surface area contributed by atoms with E-state index in [4.69, 9.17) is 26.1 Å². The number of aliphatic imine (C=N–C) groups is 1. The van der Waals surface area contributed by atoms with E-state index in [9.17, 15) is 58.2 Å². The molecule has 93 heavy (non-hydrogen) atoms. The number of aromatic nitrogens is 3. The maximum atomic E-state index is 14.8. The smallest absolute Gasteiger partial charge is 0.300 e. The lowest BCUT2D eigenvalue weighted by Gasteiger charge is -2.34. The van der Waals surface area contributed by atoms with Crippen LogP contribution in [-0.2, 0) is 76.7 Å². The highest BCUT2D eigenvalue weighted by atomic mass is 16.5. The highest BCUT2D eigenvalue weighted by Crippen LogP contribution is 2.24. The summed E-state index contributed by atoms with van der Waals surface area (Å²) < 4.78 is 6.05. The Morgan fingerprint density at radius 3 is 1.91 bits per heavy atom. The van der Waals surface area contributed by atoms with Crippen molar-refractivity contribution in [3.05, 3.63) is 84.1 Å². The number of aliphatic carboxylic acids is 1. The summed E-state index contributed by atoms with van der Waals surface area (Å²) in [6.07, 6.45) is 5.46. The van der Waals surface area contributed by atoms with Gasteiger partial charge in [-0.2, -0.15) is 0 Å². The van der Waals surface area contributed by atoms with Crippen LogP contribution >= 0.6 is 0 Å².